The summed E-state index contributed by atoms with van der Waals surface area (Å²) in [7, 11) is 0. The predicted molar refractivity (Wildman–Crippen MR) is 217 cm³/mol. The van der Waals surface area contributed by atoms with Gasteiger partial charge in [0.1, 0.15) is 5.78 Å². The minimum absolute atomic E-state index is 0.0594. The Kier molecular flexibility index (Phi) is 15.6. The number of nitrogens with zero attached hydrogens (tertiary/aromatic N) is 5. The highest BCUT2D eigenvalue weighted by Crippen LogP contribution is 2.34. The molecule has 322 valence electrons. The predicted octanol–water partition coefficient (Wildman–Crippen LogP) is 5.07. The number of carbonyl (C=O) groups is 5. The van der Waals surface area contributed by atoms with E-state index < -0.39 is 0 Å². The lowest BCUT2D eigenvalue weighted by atomic mass is 9.89. The fourth-order valence-electron chi connectivity index (χ4n) is 10.4. The maximum Gasteiger partial charge on any atom is 0.410 e. The van der Waals surface area contributed by atoms with Crippen molar-refractivity contribution < 1.29 is 33.4 Å². The first kappa shape index (κ1) is 43.3. The van der Waals surface area contributed by atoms with Crippen LogP contribution < -0.4 is 16.0 Å². The van der Waals surface area contributed by atoms with E-state index >= 15 is 0 Å². The summed E-state index contributed by atoms with van der Waals surface area (Å²) in [5.74, 6) is 0.230. The van der Waals surface area contributed by atoms with Crippen molar-refractivity contribution in [3.63, 3.8) is 0 Å². The van der Waals surface area contributed by atoms with Crippen LogP contribution in [-0.2, 0) is 14.3 Å². The van der Waals surface area contributed by atoms with E-state index in [-0.39, 0.29) is 42.2 Å². The van der Waals surface area contributed by atoms with Gasteiger partial charge in [0.2, 0.25) is 0 Å². The monoisotopic (exact) mass is 801 g/mol. The Bertz CT molecular complexity index is 1350. The summed E-state index contributed by atoms with van der Waals surface area (Å²) >= 11 is 0. The number of urea groups is 2. The zero-order valence-electron chi connectivity index (χ0n) is 35.3. The SMILES string of the molecule is CC(C)OC(=O)N1CCC(=O)CC1.CC(C)OC(=O)N1CCC(N2CCC(N3C(=O)N[C@@H]4CCCC[C@@H]43)CC2)CC1.O=C1N[C@@H]2CCCC[C@@H]2N1C1CCNCC1. The molecule has 0 unspecified atom stereocenters. The summed E-state index contributed by atoms with van der Waals surface area (Å²) in [5, 5.41) is 9.77. The van der Waals surface area contributed by atoms with Gasteiger partial charge in [0, 0.05) is 70.2 Å². The molecule has 6 heterocycles. The van der Waals surface area contributed by atoms with Gasteiger partial charge in [0.15, 0.2) is 0 Å². The highest BCUT2D eigenvalue weighted by Gasteiger charge is 2.45. The van der Waals surface area contributed by atoms with Gasteiger partial charge >= 0.3 is 24.2 Å². The van der Waals surface area contributed by atoms with Crippen LogP contribution in [0.2, 0.25) is 0 Å². The average Bonchev–Trinajstić information content (AvgIpc) is 3.73. The van der Waals surface area contributed by atoms with E-state index in [0.29, 0.717) is 68.2 Å². The molecule has 15 heteroatoms. The molecule has 2 saturated carbocycles. The van der Waals surface area contributed by atoms with Gasteiger partial charge in [-0.3, -0.25) is 4.79 Å². The number of piperidine rings is 4. The highest BCUT2D eigenvalue weighted by molar-refractivity contribution is 5.81. The van der Waals surface area contributed by atoms with E-state index in [1.165, 1.54) is 38.5 Å². The first-order valence-corrected chi connectivity index (χ1v) is 22.5. The fourth-order valence-corrected chi connectivity index (χ4v) is 10.4. The molecule has 6 amide bonds. The Balaban J connectivity index is 0.000000160. The van der Waals surface area contributed by atoms with Gasteiger partial charge in [0.05, 0.1) is 36.4 Å². The molecule has 8 fully saturated rings. The smallest absolute Gasteiger partial charge is 0.410 e. The molecule has 0 radical (unpaired) electrons. The molecule has 4 atom stereocenters. The first-order valence-electron chi connectivity index (χ1n) is 22.5. The van der Waals surface area contributed by atoms with Gasteiger partial charge in [0.25, 0.3) is 0 Å². The molecule has 2 aliphatic carbocycles. The molecular formula is C42H72N8O7. The fraction of sp³-hybridized carbons (Fsp3) is 0.881. The molecule has 0 aromatic heterocycles. The number of hydrogen-bond donors (Lipinski definition) is 3. The Morgan fingerprint density at radius 2 is 0.965 bits per heavy atom. The van der Waals surface area contributed by atoms with E-state index in [1.54, 1.807) is 4.90 Å². The first-order chi connectivity index (χ1) is 27.5. The number of carbonyl (C=O) groups excluding carboxylic acids is 5. The van der Waals surface area contributed by atoms with Crippen LogP contribution in [0.1, 0.15) is 130 Å². The Morgan fingerprint density at radius 3 is 1.44 bits per heavy atom. The van der Waals surface area contributed by atoms with Crippen LogP contribution in [0, 0.1) is 0 Å². The molecule has 15 nitrogen and oxygen atoms in total. The summed E-state index contributed by atoms with van der Waals surface area (Å²) in [6, 6.07) is 3.54. The van der Waals surface area contributed by atoms with Gasteiger partial charge in [-0.2, -0.15) is 0 Å². The van der Waals surface area contributed by atoms with E-state index in [1.807, 2.05) is 32.6 Å². The number of ether oxygens (including phenoxy) is 2. The van der Waals surface area contributed by atoms with Gasteiger partial charge in [-0.25, -0.2) is 19.2 Å². The second-order valence-corrected chi connectivity index (χ2v) is 18.0. The number of rotatable bonds is 5. The molecule has 0 spiro atoms. The lowest BCUT2D eigenvalue weighted by molar-refractivity contribution is -0.121. The molecule has 0 bridgehead atoms. The number of amides is 6. The van der Waals surface area contributed by atoms with Crippen LogP contribution in [0.3, 0.4) is 0 Å². The Labute approximate surface area is 340 Å². The van der Waals surface area contributed by atoms with Crippen LogP contribution in [-0.4, -0.2) is 161 Å². The average molecular weight is 801 g/mol. The third kappa shape index (κ3) is 11.5. The van der Waals surface area contributed by atoms with Gasteiger partial charge in [-0.15, -0.1) is 0 Å². The summed E-state index contributed by atoms with van der Waals surface area (Å²) in [4.78, 5) is 69.2. The zero-order valence-corrected chi connectivity index (χ0v) is 35.3. The van der Waals surface area contributed by atoms with Crippen molar-refractivity contribution >= 4 is 30.0 Å². The van der Waals surface area contributed by atoms with E-state index in [0.717, 1.165) is 90.6 Å². The Hall–Kier alpha value is -3.33. The van der Waals surface area contributed by atoms with Crippen LogP contribution in [0.25, 0.3) is 0 Å². The minimum atomic E-state index is -0.303. The molecule has 8 aliphatic rings. The van der Waals surface area contributed by atoms with Crippen LogP contribution >= 0.6 is 0 Å². The second-order valence-electron chi connectivity index (χ2n) is 18.0. The highest BCUT2D eigenvalue weighted by atomic mass is 16.6. The normalized spacial score (nSPS) is 29.1. The topological polar surface area (TPSA) is 156 Å². The van der Waals surface area contributed by atoms with Crippen LogP contribution in [0.4, 0.5) is 19.2 Å². The van der Waals surface area contributed by atoms with Gasteiger partial charge in [-0.05, 0) is 105 Å². The van der Waals surface area contributed by atoms with Crippen molar-refractivity contribution in [1.29, 1.82) is 0 Å². The van der Waals surface area contributed by atoms with Crippen LogP contribution in [0.5, 0.6) is 0 Å². The number of hydrogen-bond acceptors (Lipinski definition) is 9. The molecule has 3 N–H and O–H groups in total. The lowest BCUT2D eigenvalue weighted by Gasteiger charge is -2.44. The third-order valence-electron chi connectivity index (χ3n) is 13.3. The number of nitrogens with one attached hydrogen (secondary N) is 3. The zero-order chi connectivity index (χ0) is 40.5. The summed E-state index contributed by atoms with van der Waals surface area (Å²) in [6.45, 7) is 14.2. The van der Waals surface area contributed by atoms with E-state index in [4.69, 9.17) is 9.47 Å². The number of Topliss-reactive ketones (excluding diaryl/α,β-unsaturated/α-hetero) is 1. The van der Waals surface area contributed by atoms with Crippen molar-refractivity contribution in [2.75, 3.05) is 52.4 Å². The second kappa shape index (κ2) is 20.6. The molecule has 8 rings (SSSR count). The molecule has 0 aromatic carbocycles. The maximum atomic E-state index is 12.6. The number of fused-ring (bicyclic) bond motifs is 2. The molecule has 57 heavy (non-hydrogen) atoms. The maximum absolute atomic E-state index is 12.6. The lowest BCUT2D eigenvalue weighted by Crippen LogP contribution is -2.53. The van der Waals surface area contributed by atoms with Crippen molar-refractivity contribution in [1.82, 2.24) is 40.4 Å². The van der Waals surface area contributed by atoms with Gasteiger partial charge in [-0.1, -0.05) is 25.7 Å². The Morgan fingerprint density at radius 1 is 0.544 bits per heavy atom. The van der Waals surface area contributed by atoms with Crippen molar-refractivity contribution in [2.45, 2.75) is 185 Å². The molecule has 0 aromatic rings. The summed E-state index contributed by atoms with van der Waals surface area (Å²) < 4.78 is 10.3. The van der Waals surface area contributed by atoms with Crippen molar-refractivity contribution in [3.8, 4) is 0 Å². The van der Waals surface area contributed by atoms with Gasteiger partial charge < -0.3 is 49.9 Å². The van der Waals surface area contributed by atoms with E-state index in [9.17, 15) is 24.0 Å². The number of ketones is 1. The molecular weight excluding hydrogens is 729 g/mol. The van der Waals surface area contributed by atoms with Crippen molar-refractivity contribution in [2.24, 2.45) is 0 Å². The quantitative estimate of drug-likeness (QED) is 0.346. The van der Waals surface area contributed by atoms with Crippen LogP contribution in [0.15, 0.2) is 0 Å². The van der Waals surface area contributed by atoms with Crippen molar-refractivity contribution in [3.05, 3.63) is 0 Å². The van der Waals surface area contributed by atoms with E-state index in [2.05, 4.69) is 30.7 Å². The summed E-state index contributed by atoms with van der Waals surface area (Å²) in [6.07, 6.45) is 16.5. The minimum Gasteiger partial charge on any atom is -0.447 e. The third-order valence-corrected chi connectivity index (χ3v) is 13.3. The largest absolute Gasteiger partial charge is 0.447 e. The standard InChI is InChI=1S/C21H36N4O3.C12H21N3O.C9H15NO3/c1-15(2)28-21(27)24-13-7-16(8-14-24)23-11-9-17(10-12-23)25-19-6-4-3-5-18(19)22-20(25)26;16-12-14-10-3-1-2-4-11(10)15(12)9-5-7-13-8-6-9;1-7(2)13-9(12)10-5-3-8(11)4-6-10/h15-19H,3-14H2,1-2H3,(H,22,26);9-11,13H,1-8H2,(H,14,16);7H,3-6H2,1-2H3/t18-,19+;10-,11+;/m11./s1. The molecule has 6 aliphatic heterocycles. The molecule has 6 saturated heterocycles. The number of likely N-dealkylation sites (tertiary alicyclic amines) is 3. The summed E-state index contributed by atoms with van der Waals surface area (Å²) in [5.41, 5.74) is 0.